The number of benzene rings is 2. The van der Waals surface area contributed by atoms with Crippen LogP contribution < -0.4 is 10.6 Å². The fourth-order valence-electron chi connectivity index (χ4n) is 2.22. The standard InChI is InChI=1S/C18H17FN4/c1-12-6-7-13(2)16(8-12)23-18-10-17(20-11-21-18)22-15-5-3-4-14(19)9-15/h3-11H,1-2H3,(H2,20,21,22,23). The van der Waals surface area contributed by atoms with E-state index in [2.05, 4.69) is 38.8 Å². The molecule has 2 aromatic carbocycles. The van der Waals surface area contributed by atoms with Crippen molar-refractivity contribution in [3.05, 3.63) is 71.8 Å². The Bertz CT molecular complexity index is 833. The molecule has 0 aliphatic heterocycles. The lowest BCUT2D eigenvalue weighted by Crippen LogP contribution is -2.00. The van der Waals surface area contributed by atoms with Crippen molar-refractivity contribution in [1.29, 1.82) is 0 Å². The number of hydrogen-bond acceptors (Lipinski definition) is 4. The van der Waals surface area contributed by atoms with Crippen LogP contribution in [0.25, 0.3) is 0 Å². The Hall–Kier alpha value is -2.95. The van der Waals surface area contributed by atoms with Gasteiger partial charge in [-0.25, -0.2) is 14.4 Å². The molecule has 0 aliphatic rings. The molecule has 0 radical (unpaired) electrons. The second-order valence-electron chi connectivity index (χ2n) is 5.37. The second kappa shape index (κ2) is 6.44. The molecular formula is C18H17FN4. The van der Waals surface area contributed by atoms with E-state index >= 15 is 0 Å². The van der Waals surface area contributed by atoms with Gasteiger partial charge in [-0.3, -0.25) is 0 Å². The zero-order valence-corrected chi connectivity index (χ0v) is 13.0. The van der Waals surface area contributed by atoms with E-state index in [0.29, 0.717) is 17.3 Å². The molecule has 1 heterocycles. The van der Waals surface area contributed by atoms with Gasteiger partial charge < -0.3 is 10.6 Å². The Labute approximate surface area is 134 Å². The van der Waals surface area contributed by atoms with Gasteiger partial charge in [0.1, 0.15) is 23.8 Å². The molecule has 2 N–H and O–H groups in total. The fourth-order valence-corrected chi connectivity index (χ4v) is 2.22. The number of anilines is 4. The van der Waals surface area contributed by atoms with Crippen LogP contribution in [0, 0.1) is 19.7 Å². The smallest absolute Gasteiger partial charge is 0.135 e. The average molecular weight is 308 g/mol. The molecule has 3 rings (SSSR count). The summed E-state index contributed by atoms with van der Waals surface area (Å²) in [6, 6.07) is 14.2. The number of hydrogen-bond donors (Lipinski definition) is 2. The average Bonchev–Trinajstić information content (AvgIpc) is 2.51. The molecule has 5 heteroatoms. The minimum Gasteiger partial charge on any atom is -0.340 e. The van der Waals surface area contributed by atoms with E-state index < -0.39 is 0 Å². The van der Waals surface area contributed by atoms with Crippen LogP contribution in [0.15, 0.2) is 54.9 Å². The van der Waals surface area contributed by atoms with Gasteiger partial charge >= 0.3 is 0 Å². The van der Waals surface area contributed by atoms with E-state index in [1.807, 2.05) is 13.8 Å². The summed E-state index contributed by atoms with van der Waals surface area (Å²) in [5, 5.41) is 6.35. The Morgan fingerprint density at radius 1 is 0.870 bits per heavy atom. The number of rotatable bonds is 4. The highest BCUT2D eigenvalue weighted by Gasteiger charge is 2.03. The van der Waals surface area contributed by atoms with Crippen LogP contribution in [0.2, 0.25) is 0 Å². The minimum absolute atomic E-state index is 0.294. The summed E-state index contributed by atoms with van der Waals surface area (Å²) < 4.78 is 13.2. The van der Waals surface area contributed by atoms with Crippen LogP contribution in [0.5, 0.6) is 0 Å². The van der Waals surface area contributed by atoms with Crippen molar-refractivity contribution in [2.45, 2.75) is 13.8 Å². The first-order valence-corrected chi connectivity index (χ1v) is 7.29. The maximum atomic E-state index is 13.2. The molecule has 116 valence electrons. The molecule has 1 aromatic heterocycles. The number of halogens is 1. The number of aryl methyl sites for hydroxylation is 2. The van der Waals surface area contributed by atoms with Crippen molar-refractivity contribution in [3.8, 4) is 0 Å². The van der Waals surface area contributed by atoms with Gasteiger partial charge in [0, 0.05) is 17.4 Å². The quantitative estimate of drug-likeness (QED) is 0.732. The number of aromatic nitrogens is 2. The van der Waals surface area contributed by atoms with Gasteiger partial charge in [0.15, 0.2) is 0 Å². The lowest BCUT2D eigenvalue weighted by molar-refractivity contribution is 0.628. The van der Waals surface area contributed by atoms with Crippen LogP contribution in [0.4, 0.5) is 27.4 Å². The summed E-state index contributed by atoms with van der Waals surface area (Å²) >= 11 is 0. The van der Waals surface area contributed by atoms with Crippen molar-refractivity contribution >= 4 is 23.0 Å². The second-order valence-corrected chi connectivity index (χ2v) is 5.37. The third-order valence-electron chi connectivity index (χ3n) is 3.42. The highest BCUT2D eigenvalue weighted by Crippen LogP contribution is 2.22. The lowest BCUT2D eigenvalue weighted by Gasteiger charge is -2.11. The highest BCUT2D eigenvalue weighted by atomic mass is 19.1. The Kier molecular flexibility index (Phi) is 4.19. The van der Waals surface area contributed by atoms with Crippen LogP contribution in [-0.4, -0.2) is 9.97 Å². The lowest BCUT2D eigenvalue weighted by atomic mass is 10.1. The first-order chi connectivity index (χ1) is 11.1. The van der Waals surface area contributed by atoms with Gasteiger partial charge in [-0.1, -0.05) is 18.2 Å². The molecule has 0 bridgehead atoms. The van der Waals surface area contributed by atoms with E-state index in [1.165, 1.54) is 24.0 Å². The molecule has 0 saturated heterocycles. The van der Waals surface area contributed by atoms with Gasteiger partial charge in [-0.2, -0.15) is 0 Å². The monoisotopic (exact) mass is 308 g/mol. The largest absolute Gasteiger partial charge is 0.340 e. The maximum absolute atomic E-state index is 13.2. The third kappa shape index (κ3) is 3.83. The summed E-state index contributed by atoms with van der Waals surface area (Å²) in [7, 11) is 0. The Balaban J connectivity index is 1.81. The first kappa shape index (κ1) is 15.0. The molecule has 0 fully saturated rings. The van der Waals surface area contributed by atoms with Crippen LogP contribution in [0.1, 0.15) is 11.1 Å². The zero-order chi connectivity index (χ0) is 16.2. The van der Waals surface area contributed by atoms with Crippen molar-refractivity contribution in [1.82, 2.24) is 9.97 Å². The third-order valence-corrected chi connectivity index (χ3v) is 3.42. The van der Waals surface area contributed by atoms with E-state index in [4.69, 9.17) is 0 Å². The fraction of sp³-hybridized carbons (Fsp3) is 0.111. The summed E-state index contributed by atoms with van der Waals surface area (Å²) in [5.41, 5.74) is 3.95. The molecule has 0 aliphatic carbocycles. The Morgan fingerprint density at radius 3 is 2.43 bits per heavy atom. The highest BCUT2D eigenvalue weighted by molar-refractivity contribution is 5.65. The van der Waals surface area contributed by atoms with Gasteiger partial charge in [-0.15, -0.1) is 0 Å². The van der Waals surface area contributed by atoms with Crippen LogP contribution in [-0.2, 0) is 0 Å². The van der Waals surface area contributed by atoms with Crippen LogP contribution >= 0.6 is 0 Å². The van der Waals surface area contributed by atoms with E-state index in [1.54, 1.807) is 18.2 Å². The molecule has 0 spiro atoms. The Morgan fingerprint density at radius 2 is 1.65 bits per heavy atom. The van der Waals surface area contributed by atoms with Crippen molar-refractivity contribution in [2.24, 2.45) is 0 Å². The molecule has 4 nitrogen and oxygen atoms in total. The molecule has 0 amide bonds. The van der Waals surface area contributed by atoms with E-state index in [-0.39, 0.29) is 5.82 Å². The summed E-state index contributed by atoms with van der Waals surface area (Å²) in [6.07, 6.45) is 1.47. The summed E-state index contributed by atoms with van der Waals surface area (Å²) in [6.45, 7) is 4.08. The molecule has 0 saturated carbocycles. The molecule has 0 unspecified atom stereocenters. The summed E-state index contributed by atoms with van der Waals surface area (Å²) in [5.74, 6) is 0.976. The van der Waals surface area contributed by atoms with Gasteiger partial charge in [0.2, 0.25) is 0 Å². The SMILES string of the molecule is Cc1ccc(C)c(Nc2cc(Nc3cccc(F)c3)ncn2)c1. The topological polar surface area (TPSA) is 49.8 Å². The van der Waals surface area contributed by atoms with Crippen LogP contribution in [0.3, 0.4) is 0 Å². The normalized spacial score (nSPS) is 10.4. The number of nitrogens with one attached hydrogen (secondary N) is 2. The van der Waals surface area contributed by atoms with Crippen molar-refractivity contribution < 1.29 is 4.39 Å². The number of nitrogens with zero attached hydrogens (tertiary/aromatic N) is 2. The van der Waals surface area contributed by atoms with Gasteiger partial charge in [0.05, 0.1) is 0 Å². The first-order valence-electron chi connectivity index (χ1n) is 7.29. The van der Waals surface area contributed by atoms with Gasteiger partial charge in [0.25, 0.3) is 0 Å². The van der Waals surface area contributed by atoms with Gasteiger partial charge in [-0.05, 0) is 49.2 Å². The van der Waals surface area contributed by atoms with Crippen molar-refractivity contribution in [2.75, 3.05) is 10.6 Å². The zero-order valence-electron chi connectivity index (χ0n) is 13.0. The molecule has 0 atom stereocenters. The predicted molar refractivity (Wildman–Crippen MR) is 90.9 cm³/mol. The maximum Gasteiger partial charge on any atom is 0.135 e. The summed E-state index contributed by atoms with van der Waals surface area (Å²) in [4.78, 5) is 8.39. The van der Waals surface area contributed by atoms with E-state index in [9.17, 15) is 4.39 Å². The molecule has 3 aromatic rings. The predicted octanol–water partition coefficient (Wildman–Crippen LogP) is 4.72. The van der Waals surface area contributed by atoms with E-state index in [0.717, 1.165) is 11.3 Å². The molecular weight excluding hydrogens is 291 g/mol. The van der Waals surface area contributed by atoms with Crippen molar-refractivity contribution in [3.63, 3.8) is 0 Å². The molecule has 23 heavy (non-hydrogen) atoms. The minimum atomic E-state index is -0.294.